The molecular weight excluding hydrogens is 226 g/mol. The number of hydrogen-bond donors (Lipinski definition) is 1. The van der Waals surface area contributed by atoms with Gasteiger partial charge in [0.05, 0.1) is 12.9 Å². The number of ether oxygens (including phenoxy) is 1. The second kappa shape index (κ2) is 4.50. The van der Waals surface area contributed by atoms with Gasteiger partial charge in [-0.25, -0.2) is 0 Å². The van der Waals surface area contributed by atoms with Crippen LogP contribution in [0.25, 0.3) is 0 Å². The van der Waals surface area contributed by atoms with Gasteiger partial charge in [-0.3, -0.25) is 0 Å². The van der Waals surface area contributed by atoms with Crippen LogP contribution in [-0.2, 0) is 11.8 Å². The van der Waals surface area contributed by atoms with Crippen LogP contribution in [-0.4, -0.2) is 13.2 Å². The van der Waals surface area contributed by atoms with E-state index in [4.69, 9.17) is 14.9 Å². The Morgan fingerprint density at radius 3 is 2.83 bits per heavy atom. The zero-order valence-electron chi connectivity index (χ0n) is 10.3. The normalized spacial score (nSPS) is 22.3. The van der Waals surface area contributed by atoms with Crippen LogP contribution in [0.2, 0.25) is 0 Å². The van der Waals surface area contributed by atoms with Gasteiger partial charge in [0.2, 0.25) is 0 Å². The monoisotopic (exact) mass is 243 g/mol. The first kappa shape index (κ1) is 11.4. The van der Waals surface area contributed by atoms with E-state index in [1.165, 1.54) is 5.56 Å². The average molecular weight is 243 g/mol. The van der Waals surface area contributed by atoms with Crippen molar-refractivity contribution in [3.63, 3.8) is 0 Å². The van der Waals surface area contributed by atoms with Gasteiger partial charge in [-0.2, -0.15) is 0 Å². The molecule has 3 heteroatoms. The Hall–Kier alpha value is -1.74. The molecule has 0 fully saturated rings. The minimum absolute atomic E-state index is 0.0628. The van der Waals surface area contributed by atoms with Gasteiger partial charge >= 0.3 is 0 Å². The third-order valence-electron chi connectivity index (χ3n) is 3.78. The number of benzene rings is 1. The van der Waals surface area contributed by atoms with Crippen molar-refractivity contribution >= 4 is 0 Å². The first-order valence-corrected chi connectivity index (χ1v) is 6.29. The molecule has 18 heavy (non-hydrogen) atoms. The summed E-state index contributed by atoms with van der Waals surface area (Å²) in [6.07, 6.45) is 3.48. The Labute approximate surface area is 107 Å². The van der Waals surface area contributed by atoms with E-state index >= 15 is 0 Å². The Kier molecular flexibility index (Phi) is 2.84. The fourth-order valence-corrected chi connectivity index (χ4v) is 2.74. The summed E-state index contributed by atoms with van der Waals surface area (Å²) in [6, 6.07) is 12.1. The lowest BCUT2D eigenvalue weighted by molar-refractivity contribution is 0.210. The summed E-state index contributed by atoms with van der Waals surface area (Å²) < 4.78 is 11.2. The largest absolute Gasteiger partial charge is 0.493 e. The number of nitrogens with two attached hydrogens (primary N) is 1. The summed E-state index contributed by atoms with van der Waals surface area (Å²) in [6.45, 7) is 1.32. The predicted molar refractivity (Wildman–Crippen MR) is 69.7 cm³/mol. The topological polar surface area (TPSA) is 48.4 Å². The maximum atomic E-state index is 6.07. The molecule has 0 radical (unpaired) electrons. The summed E-state index contributed by atoms with van der Waals surface area (Å²) in [5.74, 6) is 1.94. The number of hydrogen-bond acceptors (Lipinski definition) is 3. The average Bonchev–Trinajstić information content (AvgIpc) is 2.92. The lowest BCUT2D eigenvalue weighted by Crippen LogP contribution is -2.41. The zero-order valence-corrected chi connectivity index (χ0v) is 10.3. The minimum atomic E-state index is -0.0628. The van der Waals surface area contributed by atoms with Crippen LogP contribution in [0.4, 0.5) is 0 Å². The highest BCUT2D eigenvalue weighted by Gasteiger charge is 2.37. The number of para-hydroxylation sites is 1. The summed E-state index contributed by atoms with van der Waals surface area (Å²) in [4.78, 5) is 0. The second-order valence-corrected chi connectivity index (χ2v) is 4.84. The van der Waals surface area contributed by atoms with E-state index in [0.29, 0.717) is 6.54 Å². The molecule has 3 nitrogen and oxygen atoms in total. The standard InChI is InChI=1S/C15H17NO2/c16-11-15(10-12-4-3-8-17-12)7-9-18-14-6-2-1-5-13(14)15/h1-6,8H,7,9-11,16H2. The lowest BCUT2D eigenvalue weighted by atomic mass is 9.73. The van der Waals surface area contributed by atoms with Crippen LogP contribution in [0.3, 0.4) is 0 Å². The van der Waals surface area contributed by atoms with Crippen LogP contribution < -0.4 is 10.5 Å². The van der Waals surface area contributed by atoms with Crippen molar-refractivity contribution in [2.45, 2.75) is 18.3 Å². The first-order chi connectivity index (χ1) is 8.84. The SMILES string of the molecule is NCC1(Cc2ccco2)CCOc2ccccc21. The zero-order chi connectivity index (χ0) is 12.4. The fraction of sp³-hybridized carbons (Fsp3) is 0.333. The van der Waals surface area contributed by atoms with Gasteiger partial charge in [0.25, 0.3) is 0 Å². The summed E-state index contributed by atoms with van der Waals surface area (Å²) in [5.41, 5.74) is 7.21. The molecule has 0 aliphatic carbocycles. The van der Waals surface area contributed by atoms with Crippen molar-refractivity contribution in [1.82, 2.24) is 0 Å². The van der Waals surface area contributed by atoms with E-state index in [-0.39, 0.29) is 5.41 Å². The Morgan fingerprint density at radius 2 is 2.06 bits per heavy atom. The minimum Gasteiger partial charge on any atom is -0.493 e. The highest BCUT2D eigenvalue weighted by molar-refractivity contribution is 5.42. The molecule has 1 aliphatic heterocycles. The van der Waals surface area contributed by atoms with E-state index in [1.54, 1.807) is 6.26 Å². The van der Waals surface area contributed by atoms with Gasteiger partial charge in [0, 0.05) is 23.9 Å². The van der Waals surface area contributed by atoms with Crippen molar-refractivity contribution in [2.75, 3.05) is 13.2 Å². The quantitative estimate of drug-likeness (QED) is 0.901. The molecule has 1 atom stereocenters. The molecule has 1 aliphatic rings. The molecule has 1 aromatic heterocycles. The smallest absolute Gasteiger partial charge is 0.123 e. The highest BCUT2D eigenvalue weighted by atomic mass is 16.5. The molecule has 2 heterocycles. The molecule has 3 rings (SSSR count). The Morgan fingerprint density at radius 1 is 1.17 bits per heavy atom. The van der Waals surface area contributed by atoms with E-state index in [0.717, 1.165) is 31.0 Å². The summed E-state index contributed by atoms with van der Waals surface area (Å²) in [7, 11) is 0. The van der Waals surface area contributed by atoms with Crippen LogP contribution in [0.15, 0.2) is 47.1 Å². The highest BCUT2D eigenvalue weighted by Crippen LogP contribution is 2.40. The van der Waals surface area contributed by atoms with Gasteiger partial charge in [0.15, 0.2) is 0 Å². The van der Waals surface area contributed by atoms with Gasteiger partial charge < -0.3 is 14.9 Å². The maximum Gasteiger partial charge on any atom is 0.123 e. The lowest BCUT2D eigenvalue weighted by Gasteiger charge is -2.37. The number of fused-ring (bicyclic) bond motifs is 1. The number of furan rings is 1. The molecule has 0 bridgehead atoms. The fourth-order valence-electron chi connectivity index (χ4n) is 2.74. The molecule has 94 valence electrons. The van der Waals surface area contributed by atoms with Crippen LogP contribution in [0.5, 0.6) is 5.75 Å². The Balaban J connectivity index is 2.02. The summed E-state index contributed by atoms with van der Waals surface area (Å²) >= 11 is 0. The van der Waals surface area contributed by atoms with E-state index < -0.39 is 0 Å². The van der Waals surface area contributed by atoms with Crippen molar-refractivity contribution in [3.8, 4) is 5.75 Å². The summed E-state index contributed by atoms with van der Waals surface area (Å²) in [5, 5.41) is 0. The molecule has 0 saturated carbocycles. The molecule has 2 N–H and O–H groups in total. The van der Waals surface area contributed by atoms with E-state index in [1.807, 2.05) is 30.3 Å². The van der Waals surface area contributed by atoms with Crippen LogP contribution in [0.1, 0.15) is 17.7 Å². The molecule has 0 saturated heterocycles. The van der Waals surface area contributed by atoms with E-state index in [2.05, 4.69) is 6.07 Å². The van der Waals surface area contributed by atoms with Gasteiger partial charge in [-0.05, 0) is 24.6 Å². The maximum absolute atomic E-state index is 6.07. The van der Waals surface area contributed by atoms with Crippen molar-refractivity contribution in [2.24, 2.45) is 5.73 Å². The molecule has 1 unspecified atom stereocenters. The molecular formula is C15H17NO2. The van der Waals surface area contributed by atoms with Gasteiger partial charge in [-0.15, -0.1) is 0 Å². The second-order valence-electron chi connectivity index (χ2n) is 4.84. The van der Waals surface area contributed by atoms with Crippen molar-refractivity contribution in [3.05, 3.63) is 54.0 Å². The molecule has 1 aromatic carbocycles. The van der Waals surface area contributed by atoms with Crippen molar-refractivity contribution < 1.29 is 9.15 Å². The van der Waals surface area contributed by atoms with Crippen LogP contribution in [0, 0.1) is 0 Å². The first-order valence-electron chi connectivity index (χ1n) is 6.29. The van der Waals surface area contributed by atoms with Crippen molar-refractivity contribution in [1.29, 1.82) is 0 Å². The van der Waals surface area contributed by atoms with Crippen LogP contribution >= 0.6 is 0 Å². The van der Waals surface area contributed by atoms with Gasteiger partial charge in [-0.1, -0.05) is 18.2 Å². The Bertz CT molecular complexity index is 521. The number of rotatable bonds is 3. The molecule has 2 aromatic rings. The van der Waals surface area contributed by atoms with E-state index in [9.17, 15) is 0 Å². The molecule has 0 spiro atoms. The third kappa shape index (κ3) is 1.81. The predicted octanol–water partition coefficient (Wildman–Crippen LogP) is 2.50. The van der Waals surface area contributed by atoms with Gasteiger partial charge in [0.1, 0.15) is 11.5 Å². The molecule has 0 amide bonds. The third-order valence-corrected chi connectivity index (χ3v) is 3.78.